The zero-order valence-electron chi connectivity index (χ0n) is 12.3. The van der Waals surface area contributed by atoms with Gasteiger partial charge in [-0.05, 0) is 51.6 Å². The van der Waals surface area contributed by atoms with Crippen LogP contribution in [0.5, 0.6) is 0 Å². The second-order valence-corrected chi connectivity index (χ2v) is 6.93. The Hall–Kier alpha value is -0.490. The summed E-state index contributed by atoms with van der Waals surface area (Å²) < 4.78 is 5.20. The second kappa shape index (κ2) is 6.52. The van der Waals surface area contributed by atoms with Crippen molar-refractivity contribution in [3.05, 3.63) is 15.6 Å². The van der Waals surface area contributed by atoms with Gasteiger partial charge in [-0.25, -0.2) is 4.98 Å². The van der Waals surface area contributed by atoms with Crippen LogP contribution in [0.25, 0.3) is 0 Å². The Morgan fingerprint density at radius 2 is 2.10 bits per heavy atom. The van der Waals surface area contributed by atoms with Crippen molar-refractivity contribution in [1.29, 1.82) is 0 Å². The molecule has 0 unspecified atom stereocenters. The minimum atomic E-state index is 0.0752. The van der Waals surface area contributed by atoms with Crippen molar-refractivity contribution in [2.75, 3.05) is 33.4 Å². The molecular formula is C15H25N3OS. The number of piperidine rings is 1. The summed E-state index contributed by atoms with van der Waals surface area (Å²) in [6, 6.07) is 0. The lowest BCUT2D eigenvalue weighted by atomic mass is 9.88. The van der Waals surface area contributed by atoms with Crippen LogP contribution in [-0.2, 0) is 23.1 Å². The molecule has 1 aliphatic carbocycles. The maximum absolute atomic E-state index is 5.20. The number of methoxy groups -OCH3 is 1. The van der Waals surface area contributed by atoms with Gasteiger partial charge < -0.3 is 15.4 Å². The van der Waals surface area contributed by atoms with Gasteiger partial charge in [-0.3, -0.25) is 0 Å². The Kier molecular flexibility index (Phi) is 4.71. The van der Waals surface area contributed by atoms with Crippen molar-refractivity contribution < 1.29 is 4.74 Å². The first kappa shape index (κ1) is 14.4. The number of hydrogen-bond donors (Lipinski definition) is 2. The third-order valence-corrected chi connectivity index (χ3v) is 5.84. The van der Waals surface area contributed by atoms with E-state index in [0.717, 1.165) is 39.1 Å². The average Bonchev–Trinajstić information content (AvgIpc) is 2.93. The number of thiazole rings is 1. The van der Waals surface area contributed by atoms with E-state index >= 15 is 0 Å². The topological polar surface area (TPSA) is 46.2 Å². The van der Waals surface area contributed by atoms with E-state index in [-0.39, 0.29) is 5.54 Å². The molecule has 0 aromatic carbocycles. The highest BCUT2D eigenvalue weighted by Gasteiger charge is 2.37. The third kappa shape index (κ3) is 2.91. The second-order valence-electron chi connectivity index (χ2n) is 5.85. The van der Waals surface area contributed by atoms with Crippen molar-refractivity contribution in [2.24, 2.45) is 0 Å². The smallest absolute Gasteiger partial charge is 0.113 e. The van der Waals surface area contributed by atoms with Gasteiger partial charge in [-0.15, -0.1) is 11.3 Å². The third-order valence-electron chi connectivity index (χ3n) is 4.48. The van der Waals surface area contributed by atoms with Crippen LogP contribution in [0, 0.1) is 0 Å². The first-order chi connectivity index (χ1) is 9.84. The minimum Gasteiger partial charge on any atom is -0.383 e. The van der Waals surface area contributed by atoms with E-state index in [9.17, 15) is 0 Å². The van der Waals surface area contributed by atoms with Crippen molar-refractivity contribution in [2.45, 2.75) is 44.1 Å². The molecule has 20 heavy (non-hydrogen) atoms. The fourth-order valence-electron chi connectivity index (χ4n) is 3.27. The largest absolute Gasteiger partial charge is 0.383 e. The quantitative estimate of drug-likeness (QED) is 0.814. The molecule has 0 amide bonds. The van der Waals surface area contributed by atoms with Crippen molar-refractivity contribution >= 4 is 11.3 Å². The van der Waals surface area contributed by atoms with Crippen molar-refractivity contribution in [3.63, 3.8) is 0 Å². The Morgan fingerprint density at radius 3 is 2.85 bits per heavy atom. The zero-order valence-corrected chi connectivity index (χ0v) is 13.2. The predicted octanol–water partition coefficient (Wildman–Crippen LogP) is 1.84. The van der Waals surface area contributed by atoms with E-state index in [4.69, 9.17) is 9.72 Å². The fourth-order valence-corrected chi connectivity index (χ4v) is 4.64. The van der Waals surface area contributed by atoms with Crippen LogP contribution in [0.2, 0.25) is 0 Å². The van der Waals surface area contributed by atoms with E-state index in [2.05, 4.69) is 10.6 Å². The Balaban J connectivity index is 1.82. The highest BCUT2D eigenvalue weighted by molar-refractivity contribution is 7.11. The number of hydrogen-bond acceptors (Lipinski definition) is 5. The summed E-state index contributed by atoms with van der Waals surface area (Å²) in [5.74, 6) is 0. The van der Waals surface area contributed by atoms with Crippen LogP contribution in [0.3, 0.4) is 0 Å². The summed E-state index contributed by atoms with van der Waals surface area (Å²) >= 11 is 1.96. The van der Waals surface area contributed by atoms with E-state index in [0.29, 0.717) is 0 Å². The van der Waals surface area contributed by atoms with Gasteiger partial charge in [-0.1, -0.05) is 0 Å². The molecule has 5 heteroatoms. The number of rotatable bonds is 5. The summed E-state index contributed by atoms with van der Waals surface area (Å²) in [7, 11) is 1.76. The van der Waals surface area contributed by atoms with Crippen LogP contribution in [0.15, 0.2) is 0 Å². The number of nitrogens with zero attached hydrogens (tertiary/aromatic N) is 1. The molecule has 0 saturated carbocycles. The lowest BCUT2D eigenvalue weighted by Gasteiger charge is -2.37. The molecular weight excluding hydrogens is 270 g/mol. The molecule has 3 rings (SSSR count). The molecule has 1 fully saturated rings. The molecule has 1 aliphatic heterocycles. The fraction of sp³-hybridized carbons (Fsp3) is 0.800. The number of ether oxygens (including phenoxy) is 1. The van der Waals surface area contributed by atoms with Gasteiger partial charge in [0.05, 0.1) is 17.8 Å². The van der Waals surface area contributed by atoms with Crippen molar-refractivity contribution in [1.82, 2.24) is 15.6 Å². The van der Waals surface area contributed by atoms with Gasteiger partial charge in [-0.2, -0.15) is 0 Å². The molecule has 2 heterocycles. The minimum absolute atomic E-state index is 0.0752. The standard InChI is InChI=1S/C15H25N3OS/c1-19-11-10-17-15(6-8-16-9-7-15)14-18-12-4-2-3-5-13(12)20-14/h16-17H,2-11H2,1H3. The highest BCUT2D eigenvalue weighted by atomic mass is 32.1. The van der Waals surface area contributed by atoms with Crippen LogP contribution in [0.1, 0.15) is 41.3 Å². The number of aromatic nitrogens is 1. The molecule has 112 valence electrons. The van der Waals surface area contributed by atoms with Gasteiger partial charge in [0.2, 0.25) is 0 Å². The van der Waals surface area contributed by atoms with Gasteiger partial charge in [0.15, 0.2) is 0 Å². The Morgan fingerprint density at radius 1 is 1.30 bits per heavy atom. The normalized spacial score (nSPS) is 21.6. The number of aryl methyl sites for hydroxylation is 2. The van der Waals surface area contributed by atoms with E-state index in [1.54, 1.807) is 7.11 Å². The molecule has 1 saturated heterocycles. The first-order valence-corrected chi connectivity index (χ1v) is 8.59. The SMILES string of the molecule is COCCNC1(c2nc3c(s2)CCCC3)CCNCC1. The Labute approximate surface area is 125 Å². The van der Waals surface area contributed by atoms with Crippen LogP contribution in [0.4, 0.5) is 0 Å². The molecule has 0 atom stereocenters. The lowest BCUT2D eigenvalue weighted by molar-refractivity contribution is 0.170. The Bertz CT molecular complexity index is 417. The van der Waals surface area contributed by atoms with Gasteiger partial charge in [0.1, 0.15) is 5.01 Å². The van der Waals surface area contributed by atoms with E-state index < -0.39 is 0 Å². The number of fused-ring (bicyclic) bond motifs is 1. The molecule has 0 bridgehead atoms. The van der Waals surface area contributed by atoms with Crippen LogP contribution < -0.4 is 10.6 Å². The summed E-state index contributed by atoms with van der Waals surface area (Å²) in [6.07, 6.45) is 7.31. The summed E-state index contributed by atoms with van der Waals surface area (Å²) in [5.41, 5.74) is 1.45. The molecule has 4 nitrogen and oxygen atoms in total. The molecule has 2 N–H and O–H groups in total. The monoisotopic (exact) mass is 295 g/mol. The van der Waals surface area contributed by atoms with Crippen LogP contribution in [-0.4, -0.2) is 38.3 Å². The van der Waals surface area contributed by atoms with Gasteiger partial charge >= 0.3 is 0 Å². The van der Waals surface area contributed by atoms with E-state index in [1.165, 1.54) is 41.3 Å². The van der Waals surface area contributed by atoms with Gasteiger partial charge in [0, 0.05) is 18.5 Å². The lowest BCUT2D eigenvalue weighted by Crippen LogP contribution is -2.50. The van der Waals surface area contributed by atoms with Gasteiger partial charge in [0.25, 0.3) is 0 Å². The molecule has 1 aromatic heterocycles. The summed E-state index contributed by atoms with van der Waals surface area (Å²) in [6.45, 7) is 3.81. The first-order valence-electron chi connectivity index (χ1n) is 7.78. The molecule has 2 aliphatic rings. The zero-order chi connectivity index (χ0) is 13.8. The molecule has 1 aromatic rings. The molecule has 0 radical (unpaired) electrons. The van der Waals surface area contributed by atoms with Crippen LogP contribution >= 0.6 is 11.3 Å². The summed E-state index contributed by atoms with van der Waals surface area (Å²) in [4.78, 5) is 6.55. The average molecular weight is 295 g/mol. The maximum atomic E-state index is 5.20. The number of nitrogens with one attached hydrogen (secondary N) is 2. The van der Waals surface area contributed by atoms with Crippen molar-refractivity contribution in [3.8, 4) is 0 Å². The molecule has 0 spiro atoms. The maximum Gasteiger partial charge on any atom is 0.113 e. The highest BCUT2D eigenvalue weighted by Crippen LogP contribution is 2.37. The summed E-state index contributed by atoms with van der Waals surface area (Å²) in [5, 5.41) is 8.53. The predicted molar refractivity (Wildman–Crippen MR) is 82.4 cm³/mol. The van der Waals surface area contributed by atoms with E-state index in [1.807, 2.05) is 11.3 Å².